The number of nitrogens with zero attached hydrogens (tertiary/aromatic N) is 3. The van der Waals surface area contributed by atoms with Gasteiger partial charge in [0.1, 0.15) is 17.3 Å². The number of benzene rings is 3. The highest BCUT2D eigenvalue weighted by Gasteiger charge is 2.32. The standard InChI is InChI=1S/C29H24N4O5/c1-16(32-37-17(2)34)19-8-7-9-20(14-19)30-29-27-22-13-12-21(36-4)15-24(22)28(33-38-18(3)35)26(27)23-10-5-6-11-25(23)31-29/h5-15H,1-4H3,(H,30,31)/b32-16+,33-28+. The number of carbonyl (C=O) groups excluding carboxylic acids is 2. The molecule has 0 atom stereocenters. The quantitative estimate of drug-likeness (QED) is 0.181. The molecule has 9 nitrogen and oxygen atoms in total. The highest BCUT2D eigenvalue weighted by molar-refractivity contribution is 6.31. The molecular formula is C29H24N4O5. The molecule has 3 aromatic carbocycles. The molecule has 0 amide bonds. The zero-order valence-corrected chi connectivity index (χ0v) is 21.2. The predicted octanol–water partition coefficient (Wildman–Crippen LogP) is 5.57. The van der Waals surface area contributed by atoms with Gasteiger partial charge in [0, 0.05) is 47.2 Å². The number of rotatable bonds is 6. The van der Waals surface area contributed by atoms with Crippen molar-refractivity contribution in [1.29, 1.82) is 0 Å². The molecule has 0 bridgehead atoms. The van der Waals surface area contributed by atoms with Crippen molar-refractivity contribution in [3.63, 3.8) is 0 Å². The van der Waals surface area contributed by atoms with E-state index in [-0.39, 0.29) is 0 Å². The van der Waals surface area contributed by atoms with Gasteiger partial charge in [-0.25, -0.2) is 14.6 Å². The van der Waals surface area contributed by atoms with Crippen LogP contribution in [0.3, 0.4) is 0 Å². The molecule has 1 aliphatic carbocycles. The molecule has 4 aromatic rings. The molecule has 1 N–H and O–H groups in total. The van der Waals surface area contributed by atoms with Gasteiger partial charge in [-0.1, -0.05) is 40.6 Å². The summed E-state index contributed by atoms with van der Waals surface area (Å²) < 4.78 is 5.46. The van der Waals surface area contributed by atoms with E-state index in [4.69, 9.17) is 19.4 Å². The molecule has 5 rings (SSSR count). The monoisotopic (exact) mass is 508 g/mol. The van der Waals surface area contributed by atoms with Crippen molar-refractivity contribution in [3.05, 3.63) is 83.4 Å². The Hall–Kier alpha value is -5.05. The maximum atomic E-state index is 11.7. The maximum absolute atomic E-state index is 11.7. The summed E-state index contributed by atoms with van der Waals surface area (Å²) in [5.41, 5.74) is 6.59. The number of ether oxygens (including phenoxy) is 1. The third-order valence-electron chi connectivity index (χ3n) is 6.00. The van der Waals surface area contributed by atoms with E-state index >= 15 is 0 Å². The van der Waals surface area contributed by atoms with Gasteiger partial charge in [-0.15, -0.1) is 0 Å². The van der Waals surface area contributed by atoms with Crippen LogP contribution in [0, 0.1) is 0 Å². The van der Waals surface area contributed by atoms with E-state index in [2.05, 4.69) is 15.6 Å². The zero-order valence-electron chi connectivity index (χ0n) is 21.2. The Kier molecular flexibility index (Phi) is 6.57. The first-order chi connectivity index (χ1) is 18.4. The second-order valence-corrected chi connectivity index (χ2v) is 8.63. The Morgan fingerprint density at radius 3 is 2.39 bits per heavy atom. The van der Waals surface area contributed by atoms with Gasteiger partial charge in [-0.05, 0) is 48.9 Å². The van der Waals surface area contributed by atoms with Gasteiger partial charge in [0.05, 0.1) is 18.3 Å². The van der Waals surface area contributed by atoms with E-state index in [1.165, 1.54) is 13.8 Å². The molecule has 0 unspecified atom stereocenters. The first-order valence-corrected chi connectivity index (χ1v) is 11.8. The van der Waals surface area contributed by atoms with Gasteiger partial charge in [0.25, 0.3) is 0 Å². The Morgan fingerprint density at radius 1 is 0.842 bits per heavy atom. The van der Waals surface area contributed by atoms with Crippen LogP contribution in [0.4, 0.5) is 11.5 Å². The lowest BCUT2D eigenvalue weighted by Gasteiger charge is -2.14. The second-order valence-electron chi connectivity index (χ2n) is 8.63. The van der Waals surface area contributed by atoms with Crippen LogP contribution in [0.1, 0.15) is 37.5 Å². The van der Waals surface area contributed by atoms with Crippen LogP contribution in [0.15, 0.2) is 77.0 Å². The average Bonchev–Trinajstić information content (AvgIpc) is 3.24. The lowest BCUT2D eigenvalue weighted by atomic mass is 10.0. The minimum absolute atomic E-state index is 0.490. The largest absolute Gasteiger partial charge is 0.497 e. The van der Waals surface area contributed by atoms with E-state index < -0.39 is 11.9 Å². The maximum Gasteiger partial charge on any atom is 0.332 e. The van der Waals surface area contributed by atoms with Crippen molar-refractivity contribution in [2.24, 2.45) is 10.3 Å². The van der Waals surface area contributed by atoms with Crippen LogP contribution in [0.25, 0.3) is 22.0 Å². The van der Waals surface area contributed by atoms with Crippen molar-refractivity contribution in [2.75, 3.05) is 12.4 Å². The van der Waals surface area contributed by atoms with Crippen LogP contribution >= 0.6 is 0 Å². The zero-order chi connectivity index (χ0) is 26.8. The normalized spacial score (nSPS) is 13.2. The van der Waals surface area contributed by atoms with Crippen molar-refractivity contribution < 1.29 is 24.0 Å². The molecule has 38 heavy (non-hydrogen) atoms. The Labute approximate surface area is 218 Å². The van der Waals surface area contributed by atoms with Crippen LogP contribution in [0.2, 0.25) is 0 Å². The molecule has 0 radical (unpaired) electrons. The summed E-state index contributed by atoms with van der Waals surface area (Å²) in [7, 11) is 1.59. The molecule has 1 aromatic heterocycles. The van der Waals surface area contributed by atoms with Gasteiger partial charge >= 0.3 is 11.9 Å². The highest BCUT2D eigenvalue weighted by atomic mass is 16.7. The van der Waals surface area contributed by atoms with Crippen LogP contribution in [0.5, 0.6) is 5.75 Å². The summed E-state index contributed by atoms with van der Waals surface area (Å²) in [6.07, 6.45) is 0. The van der Waals surface area contributed by atoms with Gasteiger partial charge in [0.2, 0.25) is 0 Å². The summed E-state index contributed by atoms with van der Waals surface area (Å²) in [4.78, 5) is 37.7. The molecule has 1 aliphatic rings. The number of fused-ring (bicyclic) bond motifs is 5. The van der Waals surface area contributed by atoms with E-state index in [1.807, 2.05) is 66.7 Å². The first-order valence-electron chi connectivity index (χ1n) is 11.8. The molecule has 1 heterocycles. The number of nitrogens with one attached hydrogen (secondary N) is 1. The minimum Gasteiger partial charge on any atom is -0.497 e. The fraction of sp³-hybridized carbons (Fsp3) is 0.138. The van der Waals surface area contributed by atoms with Gasteiger partial charge in [-0.3, -0.25) is 0 Å². The lowest BCUT2D eigenvalue weighted by Crippen LogP contribution is -2.05. The summed E-state index contributed by atoms with van der Waals surface area (Å²) in [5.74, 6) is 0.241. The number of anilines is 2. The predicted molar refractivity (Wildman–Crippen MR) is 145 cm³/mol. The van der Waals surface area contributed by atoms with E-state index in [0.717, 1.165) is 44.4 Å². The van der Waals surface area contributed by atoms with Crippen molar-refractivity contribution >= 4 is 45.8 Å². The topological polar surface area (TPSA) is 111 Å². The number of pyridine rings is 1. The van der Waals surface area contributed by atoms with Crippen LogP contribution < -0.4 is 10.1 Å². The molecule has 0 spiro atoms. The number of carbonyl (C=O) groups is 2. The van der Waals surface area contributed by atoms with Crippen LogP contribution in [-0.4, -0.2) is 35.5 Å². The highest BCUT2D eigenvalue weighted by Crippen LogP contribution is 2.46. The van der Waals surface area contributed by atoms with Crippen molar-refractivity contribution in [2.45, 2.75) is 20.8 Å². The summed E-state index contributed by atoms with van der Waals surface area (Å²) in [6, 6.07) is 20.9. The number of methoxy groups -OCH3 is 1. The minimum atomic E-state index is -0.519. The van der Waals surface area contributed by atoms with Crippen LogP contribution in [-0.2, 0) is 19.3 Å². The second kappa shape index (κ2) is 10.1. The number of oxime groups is 2. The third-order valence-corrected chi connectivity index (χ3v) is 6.00. The Bertz CT molecular complexity index is 1660. The fourth-order valence-corrected chi connectivity index (χ4v) is 4.36. The molecule has 0 fully saturated rings. The van der Waals surface area contributed by atoms with Gasteiger partial charge in [0.15, 0.2) is 0 Å². The van der Waals surface area contributed by atoms with Gasteiger partial charge in [-0.2, -0.15) is 0 Å². The summed E-state index contributed by atoms with van der Waals surface area (Å²) in [6.45, 7) is 4.37. The average molecular weight is 509 g/mol. The van der Waals surface area contributed by atoms with E-state index in [0.29, 0.717) is 23.0 Å². The number of hydrogen-bond donors (Lipinski definition) is 1. The van der Waals surface area contributed by atoms with E-state index in [9.17, 15) is 9.59 Å². The molecule has 190 valence electrons. The summed E-state index contributed by atoms with van der Waals surface area (Å²) in [5, 5.41) is 12.4. The van der Waals surface area contributed by atoms with Crippen molar-refractivity contribution in [1.82, 2.24) is 4.98 Å². The lowest BCUT2D eigenvalue weighted by molar-refractivity contribution is -0.141. The first kappa shape index (κ1) is 24.6. The SMILES string of the molecule is COc1ccc2c(c1)/C(=N\OC(C)=O)c1c-2c(Nc2cccc(/C(C)=N/OC(C)=O)c2)nc2ccccc12. The molecule has 9 heteroatoms. The number of para-hydroxylation sites is 1. The fourth-order valence-electron chi connectivity index (χ4n) is 4.36. The van der Waals surface area contributed by atoms with Gasteiger partial charge < -0.3 is 19.7 Å². The Balaban J connectivity index is 1.69. The number of aromatic nitrogens is 1. The molecular weight excluding hydrogens is 484 g/mol. The Morgan fingerprint density at radius 2 is 1.63 bits per heavy atom. The molecule has 0 aliphatic heterocycles. The molecule has 0 saturated carbocycles. The van der Waals surface area contributed by atoms with E-state index in [1.54, 1.807) is 14.0 Å². The third kappa shape index (κ3) is 4.69. The summed E-state index contributed by atoms with van der Waals surface area (Å²) >= 11 is 0. The number of hydrogen-bond acceptors (Lipinski definition) is 9. The smallest absolute Gasteiger partial charge is 0.332 e. The molecule has 0 saturated heterocycles. The van der Waals surface area contributed by atoms with Crippen molar-refractivity contribution in [3.8, 4) is 16.9 Å².